The van der Waals surface area contributed by atoms with E-state index in [1.807, 2.05) is 11.3 Å². The molecule has 0 aliphatic carbocycles. The molecule has 1 aliphatic heterocycles. The van der Waals surface area contributed by atoms with Crippen LogP contribution in [0.5, 0.6) is 0 Å². The lowest BCUT2D eigenvalue weighted by Crippen LogP contribution is -2.41. The van der Waals surface area contributed by atoms with Crippen molar-refractivity contribution in [2.75, 3.05) is 27.2 Å². The van der Waals surface area contributed by atoms with E-state index in [0.29, 0.717) is 0 Å². The topological polar surface area (TPSA) is 6.48 Å². The molecule has 0 N–H and O–H groups in total. The number of thiophene rings is 1. The van der Waals surface area contributed by atoms with Crippen LogP contribution in [0.2, 0.25) is 0 Å². The van der Waals surface area contributed by atoms with Crippen molar-refractivity contribution in [1.29, 1.82) is 0 Å². The van der Waals surface area contributed by atoms with Crippen LogP contribution in [0.1, 0.15) is 17.7 Å². The summed E-state index contributed by atoms with van der Waals surface area (Å²) in [6.45, 7) is 3.62. The standard InChI is InChI=1S/C12H20N2S/c1-13-7-5-11(6-8-13)14(2)10-12-4-3-9-15-12/h3-4,9,11H,5-8,10H2,1-2H3. The van der Waals surface area contributed by atoms with Crippen molar-refractivity contribution < 1.29 is 0 Å². The molecule has 1 aliphatic rings. The van der Waals surface area contributed by atoms with E-state index in [4.69, 9.17) is 0 Å². The third-order valence-electron chi connectivity index (χ3n) is 3.30. The predicted molar refractivity (Wildman–Crippen MR) is 66.3 cm³/mol. The van der Waals surface area contributed by atoms with Crippen molar-refractivity contribution in [1.82, 2.24) is 9.80 Å². The Hall–Kier alpha value is -0.380. The van der Waals surface area contributed by atoms with Crippen molar-refractivity contribution in [3.8, 4) is 0 Å². The van der Waals surface area contributed by atoms with Gasteiger partial charge in [0.2, 0.25) is 0 Å². The summed E-state index contributed by atoms with van der Waals surface area (Å²) in [4.78, 5) is 6.42. The summed E-state index contributed by atoms with van der Waals surface area (Å²) in [5.41, 5.74) is 0. The highest BCUT2D eigenvalue weighted by molar-refractivity contribution is 7.09. The highest BCUT2D eigenvalue weighted by Crippen LogP contribution is 2.18. The average molecular weight is 224 g/mol. The van der Waals surface area contributed by atoms with E-state index in [2.05, 4.69) is 41.4 Å². The minimum atomic E-state index is 0.781. The van der Waals surface area contributed by atoms with Gasteiger partial charge < -0.3 is 4.90 Å². The fourth-order valence-electron chi connectivity index (χ4n) is 2.21. The van der Waals surface area contributed by atoms with E-state index in [-0.39, 0.29) is 0 Å². The van der Waals surface area contributed by atoms with Gasteiger partial charge in [0.15, 0.2) is 0 Å². The SMILES string of the molecule is CN1CCC(N(C)Cc2cccs2)CC1. The molecule has 2 heterocycles. The van der Waals surface area contributed by atoms with Crippen molar-refractivity contribution in [2.24, 2.45) is 0 Å². The lowest BCUT2D eigenvalue weighted by atomic mass is 10.0. The molecular weight excluding hydrogens is 204 g/mol. The van der Waals surface area contributed by atoms with Crippen molar-refractivity contribution in [3.05, 3.63) is 22.4 Å². The highest BCUT2D eigenvalue weighted by Gasteiger charge is 2.20. The Labute approximate surface area is 96.5 Å². The molecule has 0 atom stereocenters. The summed E-state index contributed by atoms with van der Waals surface area (Å²) in [6, 6.07) is 5.15. The first-order valence-electron chi connectivity index (χ1n) is 5.67. The molecule has 1 aromatic rings. The first kappa shape index (κ1) is 11.1. The van der Waals surface area contributed by atoms with Gasteiger partial charge in [-0.05, 0) is 51.5 Å². The molecule has 3 heteroatoms. The molecule has 15 heavy (non-hydrogen) atoms. The van der Waals surface area contributed by atoms with Crippen molar-refractivity contribution >= 4 is 11.3 Å². The molecule has 0 saturated carbocycles. The lowest BCUT2D eigenvalue weighted by molar-refractivity contribution is 0.140. The zero-order chi connectivity index (χ0) is 10.7. The Morgan fingerprint density at radius 2 is 2.20 bits per heavy atom. The van der Waals surface area contributed by atoms with Gasteiger partial charge in [-0.1, -0.05) is 6.07 Å². The van der Waals surface area contributed by atoms with E-state index in [9.17, 15) is 0 Å². The van der Waals surface area contributed by atoms with E-state index in [1.54, 1.807) is 0 Å². The van der Waals surface area contributed by atoms with E-state index in [1.165, 1.54) is 30.8 Å². The number of piperidine rings is 1. The monoisotopic (exact) mass is 224 g/mol. The molecule has 0 radical (unpaired) electrons. The zero-order valence-corrected chi connectivity index (χ0v) is 10.5. The van der Waals surface area contributed by atoms with Gasteiger partial charge in [0.1, 0.15) is 0 Å². The van der Waals surface area contributed by atoms with Crippen LogP contribution in [0.25, 0.3) is 0 Å². The molecule has 0 unspecified atom stereocenters. The van der Waals surface area contributed by atoms with Gasteiger partial charge in [-0.2, -0.15) is 0 Å². The maximum absolute atomic E-state index is 2.51. The van der Waals surface area contributed by atoms with Crippen LogP contribution in [0.3, 0.4) is 0 Å². The number of hydrogen-bond acceptors (Lipinski definition) is 3. The largest absolute Gasteiger partial charge is 0.306 e. The molecule has 1 saturated heterocycles. The number of likely N-dealkylation sites (tertiary alicyclic amines) is 1. The van der Waals surface area contributed by atoms with Crippen LogP contribution in [-0.4, -0.2) is 43.0 Å². The van der Waals surface area contributed by atoms with Crippen molar-refractivity contribution in [3.63, 3.8) is 0 Å². The second-order valence-electron chi connectivity index (χ2n) is 4.53. The Balaban J connectivity index is 1.83. The molecule has 2 nitrogen and oxygen atoms in total. The molecule has 1 fully saturated rings. The Bertz CT molecular complexity index is 276. The molecule has 0 aromatic carbocycles. The summed E-state index contributed by atoms with van der Waals surface area (Å²) in [7, 11) is 4.48. The fraction of sp³-hybridized carbons (Fsp3) is 0.667. The maximum atomic E-state index is 2.51. The minimum absolute atomic E-state index is 0.781. The summed E-state index contributed by atoms with van der Waals surface area (Å²) >= 11 is 1.86. The molecule has 0 bridgehead atoms. The van der Waals surface area contributed by atoms with Crippen LogP contribution in [0.15, 0.2) is 17.5 Å². The minimum Gasteiger partial charge on any atom is -0.306 e. The number of rotatable bonds is 3. The van der Waals surface area contributed by atoms with Gasteiger partial charge in [-0.25, -0.2) is 0 Å². The Morgan fingerprint density at radius 3 is 2.80 bits per heavy atom. The van der Waals surface area contributed by atoms with Gasteiger partial charge >= 0.3 is 0 Å². The van der Waals surface area contributed by atoms with Crippen molar-refractivity contribution in [2.45, 2.75) is 25.4 Å². The first-order chi connectivity index (χ1) is 7.25. The van der Waals surface area contributed by atoms with Crippen LogP contribution in [0, 0.1) is 0 Å². The van der Waals surface area contributed by atoms with Gasteiger partial charge in [0, 0.05) is 17.5 Å². The van der Waals surface area contributed by atoms with Gasteiger partial charge in [-0.3, -0.25) is 4.90 Å². The van der Waals surface area contributed by atoms with Crippen LogP contribution >= 0.6 is 11.3 Å². The average Bonchev–Trinajstić information content (AvgIpc) is 2.71. The zero-order valence-electron chi connectivity index (χ0n) is 9.65. The van der Waals surface area contributed by atoms with E-state index < -0.39 is 0 Å². The number of hydrogen-bond donors (Lipinski definition) is 0. The van der Waals surface area contributed by atoms with Crippen LogP contribution in [-0.2, 0) is 6.54 Å². The summed E-state index contributed by atoms with van der Waals surface area (Å²) in [6.07, 6.45) is 2.64. The molecule has 84 valence electrons. The Morgan fingerprint density at radius 1 is 1.47 bits per heavy atom. The maximum Gasteiger partial charge on any atom is 0.0327 e. The fourth-order valence-corrected chi connectivity index (χ4v) is 2.98. The molecule has 2 rings (SSSR count). The summed E-state index contributed by atoms with van der Waals surface area (Å²) < 4.78 is 0. The normalized spacial score (nSPS) is 19.9. The van der Waals surface area contributed by atoms with Gasteiger partial charge in [0.25, 0.3) is 0 Å². The third-order valence-corrected chi connectivity index (χ3v) is 4.16. The third kappa shape index (κ3) is 3.03. The molecule has 0 spiro atoms. The second kappa shape index (κ2) is 5.10. The quantitative estimate of drug-likeness (QED) is 0.777. The van der Waals surface area contributed by atoms with Gasteiger partial charge in [-0.15, -0.1) is 11.3 Å². The molecule has 1 aromatic heterocycles. The van der Waals surface area contributed by atoms with E-state index >= 15 is 0 Å². The van der Waals surface area contributed by atoms with Gasteiger partial charge in [0.05, 0.1) is 0 Å². The van der Waals surface area contributed by atoms with Crippen LogP contribution in [0.4, 0.5) is 0 Å². The second-order valence-corrected chi connectivity index (χ2v) is 5.56. The first-order valence-corrected chi connectivity index (χ1v) is 6.55. The molecular formula is C12H20N2S. The van der Waals surface area contributed by atoms with E-state index in [0.717, 1.165) is 12.6 Å². The van der Waals surface area contributed by atoms with Crippen LogP contribution < -0.4 is 0 Å². The molecule has 0 amide bonds. The predicted octanol–water partition coefficient (Wildman–Crippen LogP) is 2.27. The Kier molecular flexibility index (Phi) is 3.78. The smallest absolute Gasteiger partial charge is 0.0327 e. The summed E-state index contributed by atoms with van der Waals surface area (Å²) in [5, 5.41) is 2.16. The summed E-state index contributed by atoms with van der Waals surface area (Å²) in [5.74, 6) is 0. The lowest BCUT2D eigenvalue weighted by Gasteiger charge is -2.34. The highest BCUT2D eigenvalue weighted by atomic mass is 32.1. The number of nitrogens with zero attached hydrogens (tertiary/aromatic N) is 2.